The number of nitrogens with zero attached hydrogens (tertiary/aromatic N) is 1. The number of halogens is 2. The van der Waals surface area contributed by atoms with Crippen LogP contribution < -0.4 is 4.74 Å². The molecule has 17 heavy (non-hydrogen) atoms. The fraction of sp³-hybridized carbons (Fsp3) is 0.154. The molecule has 0 aliphatic rings. The molecular weight excluding hydrogens is 285 g/mol. The normalized spacial score (nSPS) is 10.3. The van der Waals surface area contributed by atoms with Crippen molar-refractivity contribution in [2.24, 2.45) is 0 Å². The van der Waals surface area contributed by atoms with Crippen LogP contribution in [-0.2, 0) is 5.33 Å². The number of hydrogen-bond donors (Lipinski definition) is 0. The molecule has 0 saturated heterocycles. The largest absolute Gasteiger partial charge is 0.481 e. The molecule has 0 aliphatic heterocycles. The average molecular weight is 296 g/mol. The molecule has 0 fully saturated rings. The number of ether oxygens (including phenoxy) is 1. The molecule has 0 bridgehead atoms. The maximum absolute atomic E-state index is 13.6. The van der Waals surface area contributed by atoms with E-state index in [0.717, 1.165) is 11.1 Å². The van der Waals surface area contributed by atoms with E-state index >= 15 is 0 Å². The van der Waals surface area contributed by atoms with Crippen LogP contribution >= 0.6 is 15.9 Å². The number of pyridine rings is 1. The summed E-state index contributed by atoms with van der Waals surface area (Å²) in [7, 11) is 1.57. The van der Waals surface area contributed by atoms with Crippen LogP contribution in [0.2, 0.25) is 0 Å². The first kappa shape index (κ1) is 12.0. The van der Waals surface area contributed by atoms with E-state index in [1.54, 1.807) is 31.5 Å². The molecule has 0 aliphatic carbocycles. The summed E-state index contributed by atoms with van der Waals surface area (Å²) in [6.45, 7) is 0. The number of aromatic nitrogens is 1. The van der Waals surface area contributed by atoms with E-state index in [1.807, 2.05) is 6.07 Å². The van der Waals surface area contributed by atoms with Crippen LogP contribution in [0.15, 0.2) is 36.5 Å². The van der Waals surface area contributed by atoms with Crippen molar-refractivity contribution in [3.63, 3.8) is 0 Å². The van der Waals surface area contributed by atoms with Gasteiger partial charge in [0, 0.05) is 28.2 Å². The van der Waals surface area contributed by atoms with Crippen LogP contribution in [0.3, 0.4) is 0 Å². The van der Waals surface area contributed by atoms with Gasteiger partial charge in [0.05, 0.1) is 7.11 Å². The third-order valence-electron chi connectivity index (χ3n) is 2.45. The highest BCUT2D eigenvalue weighted by atomic mass is 79.9. The van der Waals surface area contributed by atoms with Crippen molar-refractivity contribution in [3.05, 3.63) is 47.9 Å². The Bertz CT molecular complexity index is 531. The molecule has 1 heterocycles. The summed E-state index contributed by atoms with van der Waals surface area (Å²) in [6.07, 6.45) is 1.61. The molecule has 0 atom stereocenters. The molecular formula is C13H11BrFNO. The minimum Gasteiger partial charge on any atom is -0.481 e. The van der Waals surface area contributed by atoms with Gasteiger partial charge < -0.3 is 4.74 Å². The number of rotatable bonds is 3. The lowest BCUT2D eigenvalue weighted by atomic mass is 10.1. The van der Waals surface area contributed by atoms with Crippen molar-refractivity contribution in [1.82, 2.24) is 4.98 Å². The molecule has 0 radical (unpaired) electrons. The molecule has 1 aromatic carbocycles. The Hall–Kier alpha value is -1.42. The van der Waals surface area contributed by atoms with Gasteiger partial charge >= 0.3 is 0 Å². The van der Waals surface area contributed by atoms with Gasteiger partial charge in [-0.05, 0) is 12.1 Å². The van der Waals surface area contributed by atoms with Gasteiger partial charge in [-0.3, -0.25) is 0 Å². The molecule has 88 valence electrons. The SMILES string of the molecule is COc1ncc(-c2ccccc2F)cc1CBr. The molecule has 0 unspecified atom stereocenters. The fourth-order valence-corrected chi connectivity index (χ4v) is 2.02. The second kappa shape index (κ2) is 5.27. The molecule has 2 rings (SSSR count). The summed E-state index contributed by atoms with van der Waals surface area (Å²) >= 11 is 3.36. The number of benzene rings is 1. The van der Waals surface area contributed by atoms with Gasteiger partial charge in [0.2, 0.25) is 5.88 Å². The number of hydrogen-bond acceptors (Lipinski definition) is 2. The predicted molar refractivity (Wildman–Crippen MR) is 68.8 cm³/mol. The van der Waals surface area contributed by atoms with E-state index in [1.165, 1.54) is 6.07 Å². The third-order valence-corrected chi connectivity index (χ3v) is 3.05. The van der Waals surface area contributed by atoms with Gasteiger partial charge in [-0.15, -0.1) is 0 Å². The third kappa shape index (κ3) is 2.47. The van der Waals surface area contributed by atoms with E-state index in [4.69, 9.17) is 4.74 Å². The zero-order chi connectivity index (χ0) is 12.3. The fourth-order valence-electron chi connectivity index (χ4n) is 1.62. The Morgan fingerprint density at radius 1 is 1.35 bits per heavy atom. The van der Waals surface area contributed by atoms with Crippen LogP contribution in [0, 0.1) is 5.82 Å². The van der Waals surface area contributed by atoms with Gasteiger partial charge in [-0.2, -0.15) is 0 Å². The van der Waals surface area contributed by atoms with Crippen LogP contribution in [0.25, 0.3) is 11.1 Å². The first-order chi connectivity index (χ1) is 8.26. The van der Waals surface area contributed by atoms with E-state index in [-0.39, 0.29) is 5.82 Å². The minimum atomic E-state index is -0.250. The molecule has 1 aromatic heterocycles. The molecule has 0 N–H and O–H groups in total. The molecule has 0 spiro atoms. The lowest BCUT2D eigenvalue weighted by Crippen LogP contribution is -1.94. The number of alkyl halides is 1. The van der Waals surface area contributed by atoms with Crippen LogP contribution in [0.5, 0.6) is 5.88 Å². The summed E-state index contributed by atoms with van der Waals surface area (Å²) in [6, 6.07) is 8.51. The van der Waals surface area contributed by atoms with Crippen molar-refractivity contribution < 1.29 is 9.13 Å². The van der Waals surface area contributed by atoms with Crippen molar-refractivity contribution in [1.29, 1.82) is 0 Å². The van der Waals surface area contributed by atoms with Gasteiger partial charge in [0.15, 0.2) is 0 Å². The monoisotopic (exact) mass is 295 g/mol. The van der Waals surface area contributed by atoms with Crippen LogP contribution in [0.1, 0.15) is 5.56 Å². The van der Waals surface area contributed by atoms with Gasteiger partial charge in [0.1, 0.15) is 5.82 Å². The average Bonchev–Trinajstić information content (AvgIpc) is 2.38. The molecule has 0 saturated carbocycles. The van der Waals surface area contributed by atoms with E-state index in [0.29, 0.717) is 16.8 Å². The Morgan fingerprint density at radius 3 is 2.76 bits per heavy atom. The number of methoxy groups -OCH3 is 1. The Morgan fingerprint density at radius 2 is 2.12 bits per heavy atom. The minimum absolute atomic E-state index is 0.250. The van der Waals surface area contributed by atoms with Crippen LogP contribution in [-0.4, -0.2) is 12.1 Å². The lowest BCUT2D eigenvalue weighted by molar-refractivity contribution is 0.394. The molecule has 2 aromatic rings. The zero-order valence-corrected chi connectivity index (χ0v) is 10.9. The van der Waals surface area contributed by atoms with E-state index < -0.39 is 0 Å². The standard InChI is InChI=1S/C13H11BrFNO/c1-17-13-9(7-14)6-10(8-16-13)11-4-2-3-5-12(11)15/h2-6,8H,7H2,1H3. The first-order valence-electron chi connectivity index (χ1n) is 5.10. The first-order valence-corrected chi connectivity index (χ1v) is 6.22. The van der Waals surface area contributed by atoms with E-state index in [2.05, 4.69) is 20.9 Å². The summed E-state index contributed by atoms with van der Waals surface area (Å²) in [5.74, 6) is 0.307. The second-order valence-electron chi connectivity index (χ2n) is 3.51. The second-order valence-corrected chi connectivity index (χ2v) is 4.07. The van der Waals surface area contributed by atoms with E-state index in [9.17, 15) is 4.39 Å². The summed E-state index contributed by atoms with van der Waals surface area (Å²) < 4.78 is 18.7. The highest BCUT2D eigenvalue weighted by molar-refractivity contribution is 9.08. The summed E-state index contributed by atoms with van der Waals surface area (Å²) in [5.41, 5.74) is 2.19. The highest BCUT2D eigenvalue weighted by Gasteiger charge is 2.09. The maximum atomic E-state index is 13.6. The Balaban J connectivity index is 2.50. The topological polar surface area (TPSA) is 22.1 Å². The van der Waals surface area contributed by atoms with Crippen molar-refractivity contribution in [2.45, 2.75) is 5.33 Å². The molecule has 2 nitrogen and oxygen atoms in total. The lowest BCUT2D eigenvalue weighted by Gasteiger charge is -2.08. The van der Waals surface area contributed by atoms with Crippen molar-refractivity contribution >= 4 is 15.9 Å². The predicted octanol–water partition coefficient (Wildman–Crippen LogP) is 3.79. The molecule has 4 heteroatoms. The van der Waals surface area contributed by atoms with Crippen molar-refractivity contribution in [3.8, 4) is 17.0 Å². The maximum Gasteiger partial charge on any atom is 0.217 e. The zero-order valence-electron chi connectivity index (χ0n) is 9.28. The smallest absolute Gasteiger partial charge is 0.217 e. The quantitative estimate of drug-likeness (QED) is 0.804. The molecule has 0 amide bonds. The van der Waals surface area contributed by atoms with Crippen molar-refractivity contribution in [2.75, 3.05) is 7.11 Å². The van der Waals surface area contributed by atoms with Gasteiger partial charge in [0.25, 0.3) is 0 Å². The van der Waals surface area contributed by atoms with Crippen LogP contribution in [0.4, 0.5) is 4.39 Å². The Labute approximate surface area is 108 Å². The van der Waals surface area contributed by atoms with Gasteiger partial charge in [-0.1, -0.05) is 34.1 Å². The van der Waals surface area contributed by atoms with Gasteiger partial charge in [-0.25, -0.2) is 9.37 Å². The summed E-state index contributed by atoms with van der Waals surface area (Å²) in [4.78, 5) is 4.17. The Kier molecular flexibility index (Phi) is 3.74. The highest BCUT2D eigenvalue weighted by Crippen LogP contribution is 2.27. The summed E-state index contributed by atoms with van der Waals surface area (Å²) in [5, 5.41) is 0.617.